The topological polar surface area (TPSA) is 55.4 Å². The molecule has 23 heavy (non-hydrogen) atoms. The zero-order chi connectivity index (χ0) is 17.0. The average Bonchev–Trinajstić information content (AvgIpc) is 2.51. The van der Waals surface area contributed by atoms with Gasteiger partial charge in [0, 0.05) is 11.6 Å². The first-order chi connectivity index (χ1) is 10.8. The summed E-state index contributed by atoms with van der Waals surface area (Å²) in [7, 11) is -1.98. The predicted molar refractivity (Wildman–Crippen MR) is 92.8 cm³/mol. The van der Waals surface area contributed by atoms with Gasteiger partial charge in [-0.15, -0.1) is 0 Å². The SMILES string of the molecule is COc1cc(C)c(S(=O)(=O)NCCc2ccc(Cl)cc2)cc1C. The van der Waals surface area contributed by atoms with Crippen molar-refractivity contribution in [2.75, 3.05) is 13.7 Å². The second kappa shape index (κ2) is 7.34. The van der Waals surface area contributed by atoms with Crippen molar-refractivity contribution in [2.45, 2.75) is 25.2 Å². The third-order valence-electron chi connectivity index (χ3n) is 3.60. The van der Waals surface area contributed by atoms with E-state index in [1.807, 2.05) is 19.1 Å². The van der Waals surface area contributed by atoms with Gasteiger partial charge in [-0.1, -0.05) is 23.7 Å². The summed E-state index contributed by atoms with van der Waals surface area (Å²) < 4.78 is 32.8. The molecule has 1 N–H and O–H groups in total. The lowest BCUT2D eigenvalue weighted by Crippen LogP contribution is -2.26. The Kier molecular flexibility index (Phi) is 5.68. The molecule has 0 saturated heterocycles. The molecule has 0 heterocycles. The number of hydrogen-bond donors (Lipinski definition) is 1. The first kappa shape index (κ1) is 17.8. The van der Waals surface area contributed by atoms with E-state index in [0.717, 1.165) is 11.1 Å². The maximum atomic E-state index is 12.5. The molecule has 0 unspecified atom stereocenters. The van der Waals surface area contributed by atoms with Gasteiger partial charge in [-0.3, -0.25) is 0 Å². The fourth-order valence-electron chi connectivity index (χ4n) is 2.33. The van der Waals surface area contributed by atoms with E-state index < -0.39 is 10.0 Å². The second-order valence-electron chi connectivity index (χ2n) is 5.36. The molecular weight excluding hydrogens is 334 g/mol. The van der Waals surface area contributed by atoms with E-state index in [0.29, 0.717) is 29.3 Å². The largest absolute Gasteiger partial charge is 0.496 e. The van der Waals surface area contributed by atoms with Gasteiger partial charge in [-0.2, -0.15) is 0 Å². The van der Waals surface area contributed by atoms with E-state index in [9.17, 15) is 8.42 Å². The first-order valence-electron chi connectivity index (χ1n) is 7.23. The van der Waals surface area contributed by atoms with Gasteiger partial charge in [0.15, 0.2) is 0 Å². The Balaban J connectivity index is 2.10. The molecule has 0 aliphatic carbocycles. The summed E-state index contributed by atoms with van der Waals surface area (Å²) in [5.41, 5.74) is 2.47. The number of methoxy groups -OCH3 is 1. The molecule has 0 bridgehead atoms. The zero-order valence-electron chi connectivity index (χ0n) is 13.4. The number of benzene rings is 2. The standard InChI is InChI=1S/C17H20ClNO3S/c1-12-11-17(13(2)10-16(12)22-3)23(20,21)19-9-8-14-4-6-15(18)7-5-14/h4-7,10-11,19H,8-9H2,1-3H3. The van der Waals surface area contributed by atoms with Crippen LogP contribution in [0.1, 0.15) is 16.7 Å². The molecule has 0 radical (unpaired) electrons. The highest BCUT2D eigenvalue weighted by Gasteiger charge is 2.18. The van der Waals surface area contributed by atoms with Gasteiger partial charge in [0.05, 0.1) is 12.0 Å². The Labute approximate surface area is 142 Å². The Bertz CT molecular complexity index is 786. The molecule has 0 aliphatic rings. The van der Waals surface area contributed by atoms with Crippen LogP contribution < -0.4 is 9.46 Å². The van der Waals surface area contributed by atoms with Crippen molar-refractivity contribution in [1.29, 1.82) is 0 Å². The number of hydrogen-bond acceptors (Lipinski definition) is 3. The summed E-state index contributed by atoms with van der Waals surface area (Å²) in [6.45, 7) is 3.91. The quantitative estimate of drug-likeness (QED) is 0.864. The van der Waals surface area contributed by atoms with Gasteiger partial charge in [0.1, 0.15) is 5.75 Å². The van der Waals surface area contributed by atoms with Crippen LogP contribution in [-0.4, -0.2) is 22.1 Å². The third kappa shape index (κ3) is 4.47. The van der Waals surface area contributed by atoms with Crippen LogP contribution in [0.4, 0.5) is 0 Å². The van der Waals surface area contributed by atoms with E-state index >= 15 is 0 Å². The average molecular weight is 354 g/mol. The highest BCUT2D eigenvalue weighted by atomic mass is 35.5. The molecule has 2 rings (SSSR count). The Morgan fingerprint density at radius 3 is 2.35 bits per heavy atom. The Hall–Kier alpha value is -1.56. The Morgan fingerprint density at radius 2 is 1.74 bits per heavy atom. The molecule has 2 aromatic carbocycles. The minimum atomic E-state index is -3.55. The van der Waals surface area contributed by atoms with Crippen molar-refractivity contribution >= 4 is 21.6 Å². The molecule has 4 nitrogen and oxygen atoms in total. The minimum absolute atomic E-state index is 0.284. The molecule has 0 fully saturated rings. The van der Waals surface area contributed by atoms with Gasteiger partial charge in [-0.25, -0.2) is 13.1 Å². The van der Waals surface area contributed by atoms with Crippen molar-refractivity contribution in [2.24, 2.45) is 0 Å². The number of aryl methyl sites for hydroxylation is 2. The molecule has 0 aromatic heterocycles. The van der Waals surface area contributed by atoms with Crippen LogP contribution in [0.25, 0.3) is 0 Å². The van der Waals surface area contributed by atoms with Crippen LogP contribution in [0.5, 0.6) is 5.75 Å². The molecule has 0 amide bonds. The lowest BCUT2D eigenvalue weighted by molar-refractivity contribution is 0.411. The van der Waals surface area contributed by atoms with E-state index in [2.05, 4.69) is 4.72 Å². The monoisotopic (exact) mass is 353 g/mol. The zero-order valence-corrected chi connectivity index (χ0v) is 15.0. The van der Waals surface area contributed by atoms with Gasteiger partial charge in [-0.05, 0) is 61.2 Å². The number of sulfonamides is 1. The van der Waals surface area contributed by atoms with Crippen molar-refractivity contribution in [3.05, 3.63) is 58.1 Å². The molecule has 124 valence electrons. The fraction of sp³-hybridized carbons (Fsp3) is 0.294. The first-order valence-corrected chi connectivity index (χ1v) is 9.09. The Morgan fingerprint density at radius 1 is 1.09 bits per heavy atom. The van der Waals surface area contributed by atoms with E-state index in [1.165, 1.54) is 0 Å². The summed E-state index contributed by atoms with van der Waals surface area (Å²) in [6, 6.07) is 10.7. The summed E-state index contributed by atoms with van der Waals surface area (Å²) in [5, 5.41) is 0.665. The van der Waals surface area contributed by atoms with E-state index in [-0.39, 0.29) is 4.90 Å². The summed E-state index contributed by atoms with van der Waals surface area (Å²) in [5.74, 6) is 0.683. The number of nitrogens with one attached hydrogen (secondary N) is 1. The lowest BCUT2D eigenvalue weighted by atomic mass is 10.1. The third-order valence-corrected chi connectivity index (χ3v) is 5.46. The van der Waals surface area contributed by atoms with Crippen molar-refractivity contribution in [3.63, 3.8) is 0 Å². The highest BCUT2D eigenvalue weighted by Crippen LogP contribution is 2.25. The molecule has 2 aromatic rings. The van der Waals surface area contributed by atoms with Gasteiger partial charge < -0.3 is 4.74 Å². The van der Waals surface area contributed by atoms with Crippen LogP contribution in [0.15, 0.2) is 41.3 Å². The number of halogens is 1. The van der Waals surface area contributed by atoms with Gasteiger partial charge >= 0.3 is 0 Å². The lowest BCUT2D eigenvalue weighted by Gasteiger charge is -2.13. The van der Waals surface area contributed by atoms with Crippen LogP contribution >= 0.6 is 11.6 Å². The molecule has 0 saturated carbocycles. The van der Waals surface area contributed by atoms with Crippen molar-refractivity contribution in [1.82, 2.24) is 4.72 Å². The van der Waals surface area contributed by atoms with Crippen LogP contribution in [-0.2, 0) is 16.4 Å². The molecule has 6 heteroatoms. The summed E-state index contributed by atoms with van der Waals surface area (Å²) in [4.78, 5) is 0.284. The minimum Gasteiger partial charge on any atom is -0.496 e. The van der Waals surface area contributed by atoms with Crippen LogP contribution in [0.2, 0.25) is 5.02 Å². The maximum absolute atomic E-state index is 12.5. The molecule has 0 aliphatic heterocycles. The normalized spacial score (nSPS) is 11.5. The van der Waals surface area contributed by atoms with E-state index in [1.54, 1.807) is 38.3 Å². The van der Waals surface area contributed by atoms with Crippen LogP contribution in [0.3, 0.4) is 0 Å². The summed E-state index contributed by atoms with van der Waals surface area (Å²) >= 11 is 5.83. The maximum Gasteiger partial charge on any atom is 0.240 e. The fourth-order valence-corrected chi connectivity index (χ4v) is 3.80. The van der Waals surface area contributed by atoms with Crippen molar-refractivity contribution in [3.8, 4) is 5.75 Å². The summed E-state index contributed by atoms with van der Waals surface area (Å²) in [6.07, 6.45) is 0.602. The predicted octanol–water partition coefficient (Wildman–Crippen LogP) is 3.49. The second-order valence-corrected chi connectivity index (χ2v) is 7.53. The van der Waals surface area contributed by atoms with Gasteiger partial charge in [0.25, 0.3) is 0 Å². The number of rotatable bonds is 6. The van der Waals surface area contributed by atoms with Crippen LogP contribution in [0, 0.1) is 13.8 Å². The number of ether oxygens (including phenoxy) is 1. The molecule has 0 spiro atoms. The molecular formula is C17H20ClNO3S. The molecule has 0 atom stereocenters. The smallest absolute Gasteiger partial charge is 0.240 e. The van der Waals surface area contributed by atoms with Gasteiger partial charge in [0.2, 0.25) is 10.0 Å². The van der Waals surface area contributed by atoms with Crippen molar-refractivity contribution < 1.29 is 13.2 Å². The van der Waals surface area contributed by atoms with E-state index in [4.69, 9.17) is 16.3 Å². The highest BCUT2D eigenvalue weighted by molar-refractivity contribution is 7.89.